The van der Waals surface area contributed by atoms with Crippen molar-refractivity contribution in [1.82, 2.24) is 15.0 Å². The maximum absolute atomic E-state index is 8.92. The highest BCUT2D eigenvalue weighted by atomic mass is 32.1. The Morgan fingerprint density at radius 2 is 2.08 bits per heavy atom. The number of nitrogens with one attached hydrogen (secondary N) is 1. The molecule has 1 N–H and O–H groups in total. The monoisotopic (exact) mass is 362 g/mol. The van der Waals surface area contributed by atoms with Crippen molar-refractivity contribution >= 4 is 28.1 Å². The fraction of sp³-hybridized carbons (Fsp3) is 0.263. The molecule has 2 aromatic heterocycles. The Hall–Kier alpha value is -2.98. The molecule has 1 aliphatic rings. The van der Waals surface area contributed by atoms with Crippen molar-refractivity contribution in [3.63, 3.8) is 0 Å². The molecular weight excluding hydrogens is 344 g/mol. The molecule has 130 valence electrons. The summed E-state index contributed by atoms with van der Waals surface area (Å²) in [5.74, 6) is 1.49. The van der Waals surface area contributed by atoms with E-state index in [0.29, 0.717) is 21.9 Å². The van der Waals surface area contributed by atoms with Crippen LogP contribution < -0.4 is 10.2 Å². The van der Waals surface area contributed by atoms with Crippen molar-refractivity contribution in [2.75, 3.05) is 16.8 Å². The van der Waals surface area contributed by atoms with Crippen LogP contribution in [0.1, 0.15) is 34.9 Å². The van der Waals surface area contributed by atoms with Crippen LogP contribution >= 0.6 is 11.3 Å². The summed E-state index contributed by atoms with van der Waals surface area (Å²) in [5.41, 5.74) is 2.58. The normalized spacial score (nSPS) is 16.5. The van der Waals surface area contributed by atoms with Crippen LogP contribution in [0.3, 0.4) is 0 Å². The second-order valence-corrected chi connectivity index (χ2v) is 7.32. The molecule has 1 atom stereocenters. The molecule has 0 saturated carbocycles. The zero-order chi connectivity index (χ0) is 17.9. The summed E-state index contributed by atoms with van der Waals surface area (Å²) in [6, 6.07) is 11.1. The third-order valence-electron chi connectivity index (χ3n) is 4.48. The smallest absolute Gasteiger partial charge is 0.189 e. The van der Waals surface area contributed by atoms with E-state index in [1.165, 1.54) is 22.5 Å². The minimum atomic E-state index is 0.324. The predicted octanol–water partition coefficient (Wildman–Crippen LogP) is 4.20. The first-order valence-electron chi connectivity index (χ1n) is 8.51. The highest BCUT2D eigenvalue weighted by Gasteiger charge is 2.27. The van der Waals surface area contributed by atoms with Crippen LogP contribution in [0.2, 0.25) is 0 Å². The predicted molar refractivity (Wildman–Crippen MR) is 103 cm³/mol. The van der Waals surface area contributed by atoms with Crippen molar-refractivity contribution in [3.05, 3.63) is 58.9 Å². The molecule has 1 fully saturated rings. The highest BCUT2D eigenvalue weighted by Crippen LogP contribution is 2.35. The lowest BCUT2D eigenvalue weighted by Crippen LogP contribution is -2.23. The molecule has 4 rings (SSSR count). The number of rotatable bonds is 4. The molecule has 26 heavy (non-hydrogen) atoms. The van der Waals surface area contributed by atoms with Gasteiger partial charge in [0, 0.05) is 6.54 Å². The van der Waals surface area contributed by atoms with Crippen LogP contribution in [-0.2, 0) is 0 Å². The van der Waals surface area contributed by atoms with E-state index in [-0.39, 0.29) is 0 Å². The Morgan fingerprint density at radius 3 is 2.85 bits per heavy atom. The molecule has 0 bridgehead atoms. The molecular formula is C19H18N6S. The van der Waals surface area contributed by atoms with Crippen molar-refractivity contribution in [3.8, 4) is 6.07 Å². The molecule has 0 radical (unpaired) electrons. The van der Waals surface area contributed by atoms with Crippen LogP contribution in [0.25, 0.3) is 0 Å². The lowest BCUT2D eigenvalue weighted by Gasteiger charge is -2.26. The van der Waals surface area contributed by atoms with Crippen molar-refractivity contribution < 1.29 is 0 Å². The maximum atomic E-state index is 8.92. The van der Waals surface area contributed by atoms with Crippen LogP contribution in [0.15, 0.2) is 42.9 Å². The van der Waals surface area contributed by atoms with E-state index in [1.54, 1.807) is 18.6 Å². The van der Waals surface area contributed by atoms with Crippen LogP contribution in [0.5, 0.6) is 0 Å². The number of hydrogen-bond donors (Lipinski definition) is 1. The molecule has 1 saturated heterocycles. The van der Waals surface area contributed by atoms with Gasteiger partial charge in [0.15, 0.2) is 10.9 Å². The first-order valence-corrected chi connectivity index (χ1v) is 9.33. The summed E-state index contributed by atoms with van der Waals surface area (Å²) in [5, 5.41) is 12.7. The fourth-order valence-electron chi connectivity index (χ4n) is 3.22. The molecule has 3 aromatic rings. The van der Waals surface area contributed by atoms with Gasteiger partial charge in [-0.15, -0.1) is 0 Å². The number of nitriles is 1. The topological polar surface area (TPSA) is 77.7 Å². The Kier molecular flexibility index (Phi) is 4.50. The van der Waals surface area contributed by atoms with Crippen LogP contribution in [0.4, 0.5) is 16.8 Å². The van der Waals surface area contributed by atoms with Gasteiger partial charge in [-0.3, -0.25) is 4.98 Å². The lowest BCUT2D eigenvalue weighted by atomic mass is 10.0. The molecule has 3 heterocycles. The second kappa shape index (κ2) is 7.10. The van der Waals surface area contributed by atoms with E-state index in [0.717, 1.165) is 25.2 Å². The molecule has 0 amide bonds. The van der Waals surface area contributed by atoms with Gasteiger partial charge in [0.1, 0.15) is 16.8 Å². The van der Waals surface area contributed by atoms with E-state index in [4.69, 9.17) is 10.2 Å². The first-order chi connectivity index (χ1) is 12.7. The van der Waals surface area contributed by atoms with Crippen molar-refractivity contribution in [1.29, 1.82) is 5.26 Å². The van der Waals surface area contributed by atoms with Gasteiger partial charge in [-0.05, 0) is 25.3 Å². The summed E-state index contributed by atoms with van der Waals surface area (Å²) >= 11 is 1.30. The van der Waals surface area contributed by atoms with E-state index in [2.05, 4.69) is 57.4 Å². The average molecular weight is 362 g/mol. The number of nitrogens with zero attached hydrogens (tertiary/aromatic N) is 5. The van der Waals surface area contributed by atoms with Gasteiger partial charge in [-0.25, -0.2) is 9.97 Å². The summed E-state index contributed by atoms with van der Waals surface area (Å²) < 4.78 is 0. The van der Waals surface area contributed by atoms with Crippen LogP contribution in [0, 0.1) is 18.3 Å². The first kappa shape index (κ1) is 16.5. The third-order valence-corrected chi connectivity index (χ3v) is 5.30. The van der Waals surface area contributed by atoms with E-state index in [1.807, 2.05) is 0 Å². The molecule has 0 spiro atoms. The number of benzene rings is 1. The molecule has 0 aliphatic carbocycles. The minimum absolute atomic E-state index is 0.324. The van der Waals surface area contributed by atoms with Crippen molar-refractivity contribution in [2.24, 2.45) is 0 Å². The fourth-order valence-corrected chi connectivity index (χ4v) is 3.84. The second-order valence-electron chi connectivity index (χ2n) is 6.29. The average Bonchev–Trinajstić information content (AvgIpc) is 3.32. The molecule has 1 aliphatic heterocycles. The number of hydrogen-bond acceptors (Lipinski definition) is 7. The van der Waals surface area contributed by atoms with Gasteiger partial charge in [0.25, 0.3) is 0 Å². The SMILES string of the molecule is Cc1ccc(C2CCCN2c2cncc(Nc3ncc(C#N)s3)n2)cc1. The number of aromatic nitrogens is 3. The minimum Gasteiger partial charge on any atom is -0.348 e. The molecule has 6 nitrogen and oxygen atoms in total. The zero-order valence-electron chi connectivity index (χ0n) is 14.4. The molecule has 1 aromatic carbocycles. The number of thiazole rings is 1. The highest BCUT2D eigenvalue weighted by molar-refractivity contribution is 7.16. The molecule has 7 heteroatoms. The number of aryl methyl sites for hydroxylation is 1. The van der Waals surface area contributed by atoms with E-state index < -0.39 is 0 Å². The Labute approximate surface area is 156 Å². The largest absolute Gasteiger partial charge is 0.348 e. The summed E-state index contributed by atoms with van der Waals surface area (Å²) in [6.45, 7) is 3.07. The summed E-state index contributed by atoms with van der Waals surface area (Å²) in [7, 11) is 0. The van der Waals surface area contributed by atoms with E-state index >= 15 is 0 Å². The van der Waals surface area contributed by atoms with Crippen LogP contribution in [-0.4, -0.2) is 21.5 Å². The van der Waals surface area contributed by atoms with Crippen molar-refractivity contribution in [2.45, 2.75) is 25.8 Å². The van der Waals surface area contributed by atoms with Gasteiger partial charge in [-0.2, -0.15) is 5.26 Å². The van der Waals surface area contributed by atoms with Gasteiger partial charge in [0.2, 0.25) is 0 Å². The van der Waals surface area contributed by atoms with Gasteiger partial charge in [0.05, 0.1) is 24.6 Å². The van der Waals surface area contributed by atoms with Gasteiger partial charge >= 0.3 is 0 Å². The third kappa shape index (κ3) is 3.37. The standard InChI is InChI=1S/C19H18N6S/c1-13-4-6-14(7-5-13)16-3-2-8-25(16)18-12-21-11-17(23-18)24-19-22-10-15(9-20)26-19/h4-7,10-12,16H,2-3,8H2,1H3,(H,22,23,24). The Morgan fingerprint density at radius 1 is 1.23 bits per heavy atom. The maximum Gasteiger partial charge on any atom is 0.189 e. The summed E-state index contributed by atoms with van der Waals surface area (Å²) in [4.78, 5) is 16.1. The summed E-state index contributed by atoms with van der Waals surface area (Å²) in [6.07, 6.45) is 7.28. The Balaban J connectivity index is 1.57. The zero-order valence-corrected chi connectivity index (χ0v) is 15.2. The van der Waals surface area contributed by atoms with E-state index in [9.17, 15) is 0 Å². The lowest BCUT2D eigenvalue weighted by molar-refractivity contribution is 0.710. The quantitative estimate of drug-likeness (QED) is 0.749. The van der Waals surface area contributed by atoms with Gasteiger partial charge in [-0.1, -0.05) is 41.2 Å². The number of anilines is 3. The van der Waals surface area contributed by atoms with Gasteiger partial charge < -0.3 is 10.2 Å². The Bertz CT molecular complexity index is 943. The molecule has 1 unspecified atom stereocenters.